The van der Waals surface area contributed by atoms with E-state index in [-0.39, 0.29) is 18.8 Å². The van der Waals surface area contributed by atoms with Crippen molar-refractivity contribution in [2.24, 2.45) is 5.41 Å². The molecule has 0 amide bonds. The number of likely N-dealkylation sites (tertiary alicyclic amines) is 1. The van der Waals surface area contributed by atoms with Gasteiger partial charge in [-0.05, 0) is 12.5 Å². The smallest absolute Gasteiger partial charge is 0.406 e. The lowest BCUT2D eigenvalue weighted by atomic mass is 9.86. The Morgan fingerprint density at radius 1 is 1.35 bits per heavy atom. The van der Waals surface area contributed by atoms with Crippen molar-refractivity contribution in [3.05, 3.63) is 29.8 Å². The van der Waals surface area contributed by atoms with E-state index < -0.39 is 30.5 Å². The number of alkyl halides is 3. The first kappa shape index (κ1) is 14.6. The van der Waals surface area contributed by atoms with Crippen LogP contribution in [0.2, 0.25) is 0 Å². The van der Waals surface area contributed by atoms with Crippen LogP contribution in [0.4, 0.5) is 13.2 Å². The molecule has 7 heteroatoms. The van der Waals surface area contributed by atoms with Crippen molar-refractivity contribution in [3.8, 4) is 5.75 Å². The Kier molecular flexibility index (Phi) is 3.64. The standard InChI is InChI=1S/C13H14F3NO3/c14-13(15,16)12(11(19)20)5-6-17(8-12)7-9-3-1-2-4-10(9)18/h1-4,18H,5-8H2,(H,19,20). The van der Waals surface area contributed by atoms with Crippen LogP contribution < -0.4 is 0 Å². The van der Waals surface area contributed by atoms with Crippen molar-refractivity contribution >= 4 is 5.97 Å². The van der Waals surface area contributed by atoms with Gasteiger partial charge in [-0.3, -0.25) is 9.69 Å². The van der Waals surface area contributed by atoms with Crippen molar-refractivity contribution in [1.29, 1.82) is 0 Å². The van der Waals surface area contributed by atoms with Crippen LogP contribution in [0.25, 0.3) is 0 Å². The van der Waals surface area contributed by atoms with Gasteiger partial charge in [-0.15, -0.1) is 0 Å². The summed E-state index contributed by atoms with van der Waals surface area (Å²) in [5.74, 6) is -1.85. The van der Waals surface area contributed by atoms with Crippen molar-refractivity contribution in [3.63, 3.8) is 0 Å². The van der Waals surface area contributed by atoms with Crippen LogP contribution in [0.5, 0.6) is 5.75 Å². The van der Waals surface area contributed by atoms with E-state index in [9.17, 15) is 23.1 Å². The van der Waals surface area contributed by atoms with Crippen molar-refractivity contribution < 1.29 is 28.2 Å². The third kappa shape index (κ3) is 2.45. The van der Waals surface area contributed by atoms with E-state index in [0.29, 0.717) is 5.56 Å². The number of phenolic OH excluding ortho intramolecular Hbond substituents is 1. The van der Waals surface area contributed by atoms with E-state index in [0.717, 1.165) is 0 Å². The van der Waals surface area contributed by atoms with Crippen molar-refractivity contribution in [1.82, 2.24) is 4.90 Å². The number of halogens is 3. The minimum absolute atomic E-state index is 0.00710. The van der Waals surface area contributed by atoms with Crippen molar-refractivity contribution in [2.45, 2.75) is 19.1 Å². The van der Waals surface area contributed by atoms with Crippen LogP contribution in [0.3, 0.4) is 0 Å². The number of phenols is 1. The average Bonchev–Trinajstić information content (AvgIpc) is 2.77. The van der Waals surface area contributed by atoms with E-state index in [1.807, 2.05) is 0 Å². The lowest BCUT2D eigenvalue weighted by Crippen LogP contribution is -2.47. The summed E-state index contributed by atoms with van der Waals surface area (Å²) >= 11 is 0. The van der Waals surface area contributed by atoms with Gasteiger partial charge in [-0.25, -0.2) is 0 Å². The van der Waals surface area contributed by atoms with Crippen LogP contribution in [0.15, 0.2) is 24.3 Å². The molecule has 1 fully saturated rings. The van der Waals surface area contributed by atoms with Crippen molar-refractivity contribution in [2.75, 3.05) is 13.1 Å². The van der Waals surface area contributed by atoms with E-state index in [4.69, 9.17) is 5.11 Å². The van der Waals surface area contributed by atoms with Gasteiger partial charge in [0.1, 0.15) is 5.75 Å². The SMILES string of the molecule is O=C(O)C1(C(F)(F)F)CCN(Cc2ccccc2O)C1. The monoisotopic (exact) mass is 289 g/mol. The fraction of sp³-hybridized carbons (Fsp3) is 0.462. The van der Waals surface area contributed by atoms with Gasteiger partial charge in [-0.2, -0.15) is 13.2 Å². The Labute approximate surface area is 113 Å². The molecule has 1 aliphatic heterocycles. The molecule has 1 aromatic carbocycles. The lowest BCUT2D eigenvalue weighted by molar-refractivity contribution is -0.227. The molecule has 20 heavy (non-hydrogen) atoms. The molecule has 110 valence electrons. The minimum atomic E-state index is -4.79. The Morgan fingerprint density at radius 3 is 2.50 bits per heavy atom. The summed E-state index contributed by atoms with van der Waals surface area (Å²) in [7, 11) is 0. The Morgan fingerprint density at radius 2 is 2.00 bits per heavy atom. The number of nitrogens with zero attached hydrogens (tertiary/aromatic N) is 1. The average molecular weight is 289 g/mol. The predicted octanol–water partition coefficient (Wildman–Crippen LogP) is 2.23. The highest BCUT2D eigenvalue weighted by atomic mass is 19.4. The van der Waals surface area contributed by atoms with Gasteiger partial charge in [0, 0.05) is 25.2 Å². The third-order valence-electron chi connectivity index (χ3n) is 3.69. The third-order valence-corrected chi connectivity index (χ3v) is 3.69. The fourth-order valence-electron chi connectivity index (χ4n) is 2.44. The number of carbonyl (C=O) groups is 1. The zero-order chi connectivity index (χ0) is 15.0. The molecule has 0 radical (unpaired) electrons. The molecular weight excluding hydrogens is 275 g/mol. The second-order valence-corrected chi connectivity index (χ2v) is 4.97. The van der Waals surface area contributed by atoms with Gasteiger partial charge >= 0.3 is 12.1 Å². The Bertz CT molecular complexity index is 518. The summed E-state index contributed by atoms with van der Waals surface area (Å²) < 4.78 is 39.0. The number of aromatic hydroxyl groups is 1. The molecule has 0 aromatic heterocycles. The summed E-state index contributed by atoms with van der Waals surface area (Å²) in [5, 5.41) is 18.5. The molecule has 1 unspecified atom stereocenters. The number of rotatable bonds is 3. The predicted molar refractivity (Wildman–Crippen MR) is 64.1 cm³/mol. The van der Waals surface area contributed by atoms with Crippen LogP contribution in [-0.4, -0.2) is 40.3 Å². The summed E-state index contributed by atoms with van der Waals surface area (Å²) in [4.78, 5) is 12.4. The zero-order valence-electron chi connectivity index (χ0n) is 10.5. The molecular formula is C13H14F3NO3. The molecule has 4 nitrogen and oxygen atoms in total. The summed E-state index contributed by atoms with van der Waals surface area (Å²) in [6.45, 7) is -0.474. The van der Waals surface area contributed by atoms with Gasteiger partial charge in [0.15, 0.2) is 5.41 Å². The number of para-hydroxylation sites is 1. The summed E-state index contributed by atoms with van der Waals surface area (Å²) in [6, 6.07) is 6.32. The van der Waals surface area contributed by atoms with Crippen LogP contribution >= 0.6 is 0 Å². The van der Waals surface area contributed by atoms with Crippen LogP contribution in [0.1, 0.15) is 12.0 Å². The Balaban J connectivity index is 2.16. The molecule has 0 aliphatic carbocycles. The van der Waals surface area contributed by atoms with Crippen LogP contribution in [-0.2, 0) is 11.3 Å². The highest BCUT2D eigenvalue weighted by Crippen LogP contribution is 2.46. The van der Waals surface area contributed by atoms with Gasteiger partial charge < -0.3 is 10.2 Å². The molecule has 1 heterocycles. The number of carboxylic acid groups (broad SMARTS) is 1. The molecule has 2 rings (SSSR count). The fourth-order valence-corrected chi connectivity index (χ4v) is 2.44. The van der Waals surface area contributed by atoms with Crippen LogP contribution in [0, 0.1) is 5.41 Å². The molecule has 1 aromatic rings. The molecule has 1 saturated heterocycles. The van der Waals surface area contributed by atoms with E-state index in [1.165, 1.54) is 11.0 Å². The molecule has 2 N–H and O–H groups in total. The first-order valence-corrected chi connectivity index (χ1v) is 6.05. The number of carboxylic acids is 1. The topological polar surface area (TPSA) is 60.8 Å². The van der Waals surface area contributed by atoms with E-state index in [1.54, 1.807) is 18.2 Å². The number of benzene rings is 1. The van der Waals surface area contributed by atoms with Gasteiger partial charge in [0.25, 0.3) is 0 Å². The quantitative estimate of drug-likeness (QED) is 0.896. The van der Waals surface area contributed by atoms with Gasteiger partial charge in [-0.1, -0.05) is 18.2 Å². The maximum Gasteiger partial charge on any atom is 0.406 e. The van der Waals surface area contributed by atoms with E-state index in [2.05, 4.69) is 0 Å². The summed E-state index contributed by atoms with van der Waals surface area (Å²) in [5.41, 5.74) is -2.23. The highest BCUT2D eigenvalue weighted by molar-refractivity contribution is 5.76. The number of hydrogen-bond acceptors (Lipinski definition) is 3. The number of hydrogen-bond donors (Lipinski definition) is 2. The lowest BCUT2D eigenvalue weighted by Gasteiger charge is -2.27. The number of aliphatic carboxylic acids is 1. The maximum atomic E-state index is 13.0. The largest absolute Gasteiger partial charge is 0.508 e. The molecule has 1 atom stereocenters. The molecule has 0 spiro atoms. The second-order valence-electron chi connectivity index (χ2n) is 4.97. The second kappa shape index (κ2) is 4.97. The normalized spacial score (nSPS) is 23.9. The molecule has 0 saturated carbocycles. The highest BCUT2D eigenvalue weighted by Gasteiger charge is 2.63. The van der Waals surface area contributed by atoms with Gasteiger partial charge in [0.05, 0.1) is 0 Å². The first-order chi connectivity index (χ1) is 9.26. The first-order valence-electron chi connectivity index (χ1n) is 6.05. The summed E-state index contributed by atoms with van der Waals surface area (Å²) in [6.07, 6.45) is -5.26. The Hall–Kier alpha value is -1.76. The molecule has 0 bridgehead atoms. The maximum absolute atomic E-state index is 13.0. The minimum Gasteiger partial charge on any atom is -0.508 e. The van der Waals surface area contributed by atoms with E-state index >= 15 is 0 Å². The zero-order valence-corrected chi connectivity index (χ0v) is 10.5. The molecule has 1 aliphatic rings. The van der Waals surface area contributed by atoms with Gasteiger partial charge in [0.2, 0.25) is 0 Å².